The summed E-state index contributed by atoms with van der Waals surface area (Å²) in [6, 6.07) is 3.81. The lowest BCUT2D eigenvalue weighted by atomic mass is 9.54. The Hall–Kier alpha value is -2.12. The van der Waals surface area contributed by atoms with Crippen molar-refractivity contribution >= 4 is 39.7 Å². The highest BCUT2D eigenvalue weighted by Crippen LogP contribution is 2.63. The molecule has 6 nitrogen and oxygen atoms in total. The van der Waals surface area contributed by atoms with E-state index in [1.165, 1.54) is 16.9 Å². The molecule has 1 amide bonds. The third-order valence-corrected chi connectivity index (χ3v) is 9.71. The molecular formula is C25H31ClN4O2S. The van der Waals surface area contributed by atoms with Crippen LogP contribution >= 0.6 is 22.9 Å². The summed E-state index contributed by atoms with van der Waals surface area (Å²) in [6.07, 6.45) is 7.97. The summed E-state index contributed by atoms with van der Waals surface area (Å²) in [5, 5.41) is 18.5. The van der Waals surface area contributed by atoms with Crippen molar-refractivity contribution in [1.82, 2.24) is 4.98 Å². The lowest BCUT2D eigenvalue weighted by Gasteiger charge is -2.50. The fourth-order valence-corrected chi connectivity index (χ4v) is 8.02. The maximum Gasteiger partial charge on any atom is 0.226 e. The van der Waals surface area contributed by atoms with Gasteiger partial charge in [-0.25, -0.2) is 4.98 Å². The zero-order valence-electron chi connectivity index (χ0n) is 19.1. The summed E-state index contributed by atoms with van der Waals surface area (Å²) < 4.78 is 0. The second-order valence-electron chi connectivity index (χ2n) is 10.2. The number of benzene rings is 1. The highest BCUT2D eigenvalue weighted by molar-refractivity contribution is 7.15. The first-order chi connectivity index (χ1) is 15.8. The van der Waals surface area contributed by atoms with Crippen LogP contribution in [-0.4, -0.2) is 21.7 Å². The zero-order valence-corrected chi connectivity index (χ0v) is 20.7. The van der Waals surface area contributed by atoms with Crippen molar-refractivity contribution in [2.75, 3.05) is 5.32 Å². The van der Waals surface area contributed by atoms with E-state index in [2.05, 4.69) is 28.4 Å². The number of nitrogens with zero attached hydrogens (tertiary/aromatic N) is 2. The van der Waals surface area contributed by atoms with Crippen LogP contribution in [0, 0.1) is 30.1 Å². The van der Waals surface area contributed by atoms with Gasteiger partial charge in [0.05, 0.1) is 5.02 Å². The number of halogens is 1. The lowest BCUT2D eigenvalue weighted by molar-refractivity contribution is -0.116. The number of carbonyl (C=O) groups excluding carboxylic acids is 1. The minimum atomic E-state index is -0.0122. The molecule has 176 valence electrons. The van der Waals surface area contributed by atoms with Gasteiger partial charge in [-0.3, -0.25) is 4.79 Å². The first-order valence-corrected chi connectivity index (χ1v) is 13.0. The van der Waals surface area contributed by atoms with Gasteiger partial charge in [0.2, 0.25) is 5.91 Å². The number of hydrogen-bond donors (Lipinski definition) is 3. The molecule has 0 saturated heterocycles. The van der Waals surface area contributed by atoms with E-state index in [4.69, 9.17) is 17.4 Å². The highest BCUT2D eigenvalue weighted by Gasteiger charge is 2.57. The smallest absolute Gasteiger partial charge is 0.226 e. The number of aromatic hydroxyl groups is 1. The molecule has 3 aliphatic carbocycles. The number of aromatic nitrogens is 1. The van der Waals surface area contributed by atoms with Crippen molar-refractivity contribution in [2.24, 2.45) is 34.1 Å². The Balaban J connectivity index is 1.37. The predicted molar refractivity (Wildman–Crippen MR) is 133 cm³/mol. The molecular weight excluding hydrogens is 456 g/mol. The molecule has 0 spiro atoms. The third-order valence-electron chi connectivity index (χ3n) is 8.46. The van der Waals surface area contributed by atoms with Gasteiger partial charge in [0.25, 0.3) is 0 Å². The number of thiazole rings is 1. The minimum absolute atomic E-state index is 0.0122. The molecule has 1 aromatic heterocycles. The molecule has 0 radical (unpaired) electrons. The van der Waals surface area contributed by atoms with E-state index in [0.29, 0.717) is 40.2 Å². The van der Waals surface area contributed by atoms with Gasteiger partial charge in [-0.05, 0) is 86.3 Å². The molecule has 4 N–H and O–H groups in total. The Morgan fingerprint density at radius 2 is 2.24 bits per heavy atom. The van der Waals surface area contributed by atoms with E-state index in [-0.39, 0.29) is 17.1 Å². The Morgan fingerprint density at radius 1 is 1.42 bits per heavy atom. The van der Waals surface area contributed by atoms with Crippen molar-refractivity contribution in [1.29, 1.82) is 0 Å². The Kier molecular flexibility index (Phi) is 5.90. The molecule has 1 heterocycles. The summed E-state index contributed by atoms with van der Waals surface area (Å²) in [4.78, 5) is 18.0. The van der Waals surface area contributed by atoms with Gasteiger partial charge in [0.15, 0.2) is 5.13 Å². The molecule has 2 fully saturated rings. The van der Waals surface area contributed by atoms with Gasteiger partial charge in [-0.1, -0.05) is 24.6 Å². The topological polar surface area (TPSA) is 101 Å². The average Bonchev–Trinajstić information content (AvgIpc) is 3.33. The van der Waals surface area contributed by atoms with E-state index >= 15 is 0 Å². The standard InChI is InChI=1S/C25H31ClN4O2S/c1-13-12-28-24(33-13)29-21(32)8-3-14-11-20(30-27)25(2)10-9-16-15-6-7-19(31)23(26)18(15)5-4-17(16)22(14)25/h6-7,12,14,16-17,22,31H,3-5,8-11,27H2,1-2H3,(H,28,29,32)/b30-20+/t14-,16?,17?,22?,25-/m1/s1. The number of fused-ring (bicyclic) bond motifs is 5. The quantitative estimate of drug-likeness (QED) is 0.385. The number of rotatable bonds is 4. The molecule has 3 aliphatic rings. The van der Waals surface area contributed by atoms with Gasteiger partial charge >= 0.3 is 0 Å². The first kappa shape index (κ1) is 22.7. The summed E-state index contributed by atoms with van der Waals surface area (Å²) in [6.45, 7) is 4.31. The van der Waals surface area contributed by atoms with Crippen molar-refractivity contribution in [3.63, 3.8) is 0 Å². The number of amides is 1. The van der Waals surface area contributed by atoms with Gasteiger partial charge in [-0.2, -0.15) is 5.10 Å². The number of anilines is 1. The van der Waals surface area contributed by atoms with Gasteiger partial charge < -0.3 is 16.3 Å². The van der Waals surface area contributed by atoms with E-state index in [0.717, 1.165) is 54.7 Å². The monoisotopic (exact) mass is 486 g/mol. The van der Waals surface area contributed by atoms with Crippen LogP contribution in [0.15, 0.2) is 23.4 Å². The molecule has 0 aliphatic heterocycles. The number of phenolic OH excluding ortho intramolecular Hbond substituents is 1. The molecule has 1 aromatic carbocycles. The van der Waals surface area contributed by atoms with Gasteiger partial charge in [-0.15, -0.1) is 11.3 Å². The fourth-order valence-electron chi connectivity index (χ4n) is 7.07. The Morgan fingerprint density at radius 3 is 2.97 bits per heavy atom. The minimum Gasteiger partial charge on any atom is -0.506 e. The summed E-state index contributed by atoms with van der Waals surface area (Å²) in [5.74, 6) is 7.83. The SMILES string of the molecule is Cc1cnc(NC(=O)CC[C@@H]2C/C(=N\N)[C@@]3(C)CCC4c5ccc(O)c(Cl)c5CCC4C23)s1. The van der Waals surface area contributed by atoms with Crippen LogP contribution in [0.25, 0.3) is 0 Å². The molecule has 2 saturated carbocycles. The van der Waals surface area contributed by atoms with Crippen molar-refractivity contribution < 1.29 is 9.90 Å². The summed E-state index contributed by atoms with van der Waals surface area (Å²) in [5.41, 5.74) is 3.51. The zero-order chi connectivity index (χ0) is 23.3. The molecule has 5 atom stereocenters. The maximum atomic E-state index is 12.6. The maximum absolute atomic E-state index is 12.6. The van der Waals surface area contributed by atoms with Crippen LogP contribution in [0.5, 0.6) is 5.75 Å². The van der Waals surface area contributed by atoms with Crippen molar-refractivity contribution in [3.05, 3.63) is 39.4 Å². The number of nitrogens with one attached hydrogen (secondary N) is 1. The van der Waals surface area contributed by atoms with Crippen molar-refractivity contribution in [2.45, 2.75) is 64.7 Å². The van der Waals surface area contributed by atoms with Crippen LogP contribution in [0.1, 0.15) is 67.4 Å². The second kappa shape index (κ2) is 8.58. The van der Waals surface area contributed by atoms with E-state index in [9.17, 15) is 9.90 Å². The third kappa shape index (κ3) is 3.83. The molecule has 8 heteroatoms. The molecule has 2 aromatic rings. The molecule has 33 heavy (non-hydrogen) atoms. The average molecular weight is 487 g/mol. The van der Waals surface area contributed by atoms with Crippen LogP contribution < -0.4 is 11.2 Å². The van der Waals surface area contributed by atoms with E-state index in [1.54, 1.807) is 12.3 Å². The molecule has 5 rings (SSSR count). The molecule has 3 unspecified atom stereocenters. The number of nitrogens with two attached hydrogens (primary N) is 1. The Bertz CT molecular complexity index is 1120. The number of phenols is 1. The van der Waals surface area contributed by atoms with E-state index in [1.807, 2.05) is 6.92 Å². The number of carbonyl (C=O) groups is 1. The second-order valence-corrected chi connectivity index (χ2v) is 11.8. The number of aryl methyl sites for hydroxylation is 1. The van der Waals surface area contributed by atoms with Crippen LogP contribution in [0.3, 0.4) is 0 Å². The van der Waals surface area contributed by atoms with Crippen LogP contribution in [0.2, 0.25) is 5.02 Å². The van der Waals surface area contributed by atoms with Crippen molar-refractivity contribution in [3.8, 4) is 5.75 Å². The van der Waals surface area contributed by atoms with Crippen LogP contribution in [-0.2, 0) is 11.2 Å². The fraction of sp³-hybridized carbons (Fsp3) is 0.560. The van der Waals surface area contributed by atoms with Gasteiger partial charge in [0.1, 0.15) is 5.75 Å². The summed E-state index contributed by atoms with van der Waals surface area (Å²) >= 11 is 7.97. The first-order valence-electron chi connectivity index (χ1n) is 11.8. The van der Waals surface area contributed by atoms with E-state index < -0.39 is 0 Å². The number of hydrazone groups is 1. The summed E-state index contributed by atoms with van der Waals surface area (Å²) in [7, 11) is 0. The highest BCUT2D eigenvalue weighted by atomic mass is 35.5. The van der Waals surface area contributed by atoms with Gasteiger partial charge in [0, 0.05) is 28.6 Å². The number of hydrogen-bond acceptors (Lipinski definition) is 6. The lowest BCUT2D eigenvalue weighted by Crippen LogP contribution is -2.44. The normalized spacial score (nSPS) is 31.7. The molecule has 0 bridgehead atoms. The largest absolute Gasteiger partial charge is 0.506 e. The van der Waals surface area contributed by atoms with Crippen LogP contribution in [0.4, 0.5) is 5.13 Å². The Labute approximate surface area is 203 Å². The predicted octanol–water partition coefficient (Wildman–Crippen LogP) is 5.63.